The Morgan fingerprint density at radius 2 is 1.86 bits per heavy atom. The van der Waals surface area contributed by atoms with Gasteiger partial charge in [-0.2, -0.15) is 0 Å². The number of nitrogens with zero attached hydrogens (tertiary/aromatic N) is 2. The van der Waals surface area contributed by atoms with E-state index in [9.17, 15) is 4.79 Å². The minimum atomic E-state index is -0.489. The molecule has 6 heteroatoms. The molecule has 0 aliphatic carbocycles. The molecule has 0 amide bonds. The van der Waals surface area contributed by atoms with Crippen molar-refractivity contribution in [1.29, 1.82) is 0 Å². The SMILES string of the molecule is CCCC(CCC)Nc1nc(C)nc(Cl)c1C(=O)OCC. The van der Waals surface area contributed by atoms with Gasteiger partial charge in [0.2, 0.25) is 0 Å². The lowest BCUT2D eigenvalue weighted by Gasteiger charge is -2.20. The number of hydrogen-bond acceptors (Lipinski definition) is 5. The maximum Gasteiger partial charge on any atom is 0.345 e. The Bertz CT molecular complexity index is 474. The van der Waals surface area contributed by atoms with Gasteiger partial charge in [0, 0.05) is 6.04 Å². The third-order valence-corrected chi connectivity index (χ3v) is 3.34. The van der Waals surface area contributed by atoms with Crippen molar-refractivity contribution in [3.8, 4) is 0 Å². The number of nitrogens with one attached hydrogen (secondary N) is 1. The molecule has 5 nitrogen and oxygen atoms in total. The molecule has 0 aromatic carbocycles. The molecule has 0 saturated carbocycles. The molecule has 21 heavy (non-hydrogen) atoms. The van der Waals surface area contributed by atoms with Crippen LogP contribution in [0.3, 0.4) is 0 Å². The smallest absolute Gasteiger partial charge is 0.345 e. The van der Waals surface area contributed by atoms with Crippen LogP contribution in [0.15, 0.2) is 0 Å². The number of carbonyl (C=O) groups is 1. The number of esters is 1. The zero-order valence-corrected chi connectivity index (χ0v) is 14.0. The Labute approximate surface area is 131 Å². The Morgan fingerprint density at radius 1 is 1.24 bits per heavy atom. The van der Waals surface area contributed by atoms with Crippen molar-refractivity contribution in [2.75, 3.05) is 11.9 Å². The minimum Gasteiger partial charge on any atom is -0.462 e. The average Bonchev–Trinajstić information content (AvgIpc) is 2.38. The summed E-state index contributed by atoms with van der Waals surface area (Å²) in [5, 5.41) is 3.47. The molecule has 0 bridgehead atoms. The second kappa shape index (κ2) is 8.82. The van der Waals surface area contributed by atoms with Crippen molar-refractivity contribution >= 4 is 23.4 Å². The highest BCUT2D eigenvalue weighted by Gasteiger charge is 2.22. The van der Waals surface area contributed by atoms with Gasteiger partial charge in [-0.25, -0.2) is 14.8 Å². The monoisotopic (exact) mass is 313 g/mol. The lowest BCUT2D eigenvalue weighted by atomic mass is 10.1. The third-order valence-electron chi connectivity index (χ3n) is 3.07. The lowest BCUT2D eigenvalue weighted by Crippen LogP contribution is -2.23. The summed E-state index contributed by atoms with van der Waals surface area (Å²) < 4.78 is 5.05. The van der Waals surface area contributed by atoms with E-state index in [1.54, 1.807) is 13.8 Å². The van der Waals surface area contributed by atoms with E-state index in [2.05, 4.69) is 29.1 Å². The number of halogens is 1. The molecule has 1 rings (SSSR count). The largest absolute Gasteiger partial charge is 0.462 e. The summed E-state index contributed by atoms with van der Waals surface area (Å²) in [5.41, 5.74) is 0.223. The highest BCUT2D eigenvalue weighted by atomic mass is 35.5. The fourth-order valence-electron chi connectivity index (χ4n) is 2.21. The molecule has 0 saturated heterocycles. The normalized spacial score (nSPS) is 10.8. The predicted molar refractivity (Wildman–Crippen MR) is 85.0 cm³/mol. The fraction of sp³-hybridized carbons (Fsp3) is 0.667. The fourth-order valence-corrected chi connectivity index (χ4v) is 2.49. The van der Waals surface area contributed by atoms with E-state index < -0.39 is 5.97 Å². The van der Waals surface area contributed by atoms with E-state index >= 15 is 0 Å². The quantitative estimate of drug-likeness (QED) is 0.580. The van der Waals surface area contributed by atoms with Gasteiger partial charge in [-0.05, 0) is 26.7 Å². The van der Waals surface area contributed by atoms with Crippen molar-refractivity contribution in [1.82, 2.24) is 9.97 Å². The van der Waals surface area contributed by atoms with Crippen LogP contribution >= 0.6 is 11.6 Å². The number of anilines is 1. The molecule has 118 valence electrons. The minimum absolute atomic E-state index is 0.134. The van der Waals surface area contributed by atoms with Crippen LogP contribution in [0, 0.1) is 6.92 Å². The Kier molecular flexibility index (Phi) is 7.43. The molecule has 1 aromatic rings. The number of hydrogen-bond donors (Lipinski definition) is 1. The van der Waals surface area contributed by atoms with Crippen molar-refractivity contribution in [3.05, 3.63) is 16.5 Å². The zero-order valence-electron chi connectivity index (χ0n) is 13.2. The lowest BCUT2D eigenvalue weighted by molar-refractivity contribution is 0.0526. The highest BCUT2D eigenvalue weighted by Crippen LogP contribution is 2.24. The van der Waals surface area contributed by atoms with E-state index in [0.29, 0.717) is 11.6 Å². The molecular formula is C15H24ClN3O2. The molecular weight excluding hydrogens is 290 g/mol. The van der Waals surface area contributed by atoms with E-state index in [1.165, 1.54) is 0 Å². The van der Waals surface area contributed by atoms with Gasteiger partial charge in [0.15, 0.2) is 0 Å². The van der Waals surface area contributed by atoms with E-state index in [0.717, 1.165) is 25.7 Å². The predicted octanol–water partition coefficient (Wildman–Crippen LogP) is 4.00. The first-order chi connectivity index (χ1) is 10.0. The summed E-state index contributed by atoms with van der Waals surface area (Å²) >= 11 is 6.11. The van der Waals surface area contributed by atoms with Gasteiger partial charge in [-0.15, -0.1) is 0 Å². The number of ether oxygens (including phenoxy) is 1. The van der Waals surface area contributed by atoms with Gasteiger partial charge < -0.3 is 10.1 Å². The molecule has 0 aliphatic heterocycles. The van der Waals surface area contributed by atoms with Crippen molar-refractivity contribution in [2.45, 2.75) is 59.4 Å². The molecule has 0 spiro atoms. The van der Waals surface area contributed by atoms with Gasteiger partial charge in [0.05, 0.1) is 6.61 Å². The molecule has 1 aromatic heterocycles. The van der Waals surface area contributed by atoms with Gasteiger partial charge in [0.25, 0.3) is 0 Å². The van der Waals surface area contributed by atoms with Crippen LogP contribution in [0.2, 0.25) is 5.15 Å². The number of carbonyl (C=O) groups excluding carboxylic acids is 1. The van der Waals surface area contributed by atoms with Crippen LogP contribution in [-0.2, 0) is 4.74 Å². The Hall–Kier alpha value is -1.36. The maximum absolute atomic E-state index is 12.1. The van der Waals surface area contributed by atoms with E-state index in [-0.39, 0.29) is 23.4 Å². The van der Waals surface area contributed by atoms with Crippen LogP contribution in [0.25, 0.3) is 0 Å². The van der Waals surface area contributed by atoms with Crippen LogP contribution < -0.4 is 5.32 Å². The molecule has 0 unspecified atom stereocenters. The average molecular weight is 314 g/mol. The van der Waals surface area contributed by atoms with Crippen molar-refractivity contribution < 1.29 is 9.53 Å². The van der Waals surface area contributed by atoms with Crippen molar-refractivity contribution in [3.63, 3.8) is 0 Å². The first kappa shape index (κ1) is 17.7. The molecule has 1 N–H and O–H groups in total. The van der Waals surface area contributed by atoms with Crippen LogP contribution in [0.5, 0.6) is 0 Å². The second-order valence-electron chi connectivity index (χ2n) is 4.92. The van der Waals surface area contributed by atoms with E-state index in [4.69, 9.17) is 16.3 Å². The van der Waals surface area contributed by atoms with Gasteiger partial charge >= 0.3 is 5.97 Å². The first-order valence-corrected chi connectivity index (χ1v) is 7.88. The molecule has 0 atom stereocenters. The second-order valence-corrected chi connectivity index (χ2v) is 5.28. The first-order valence-electron chi connectivity index (χ1n) is 7.51. The standard InChI is InChI=1S/C15H24ClN3O2/c1-5-8-11(9-6-2)19-14-12(15(20)21-7-3)13(16)17-10(4)18-14/h11H,5-9H2,1-4H3,(H,17,18,19). The summed E-state index contributed by atoms with van der Waals surface area (Å²) in [7, 11) is 0. The summed E-state index contributed by atoms with van der Waals surface area (Å²) in [5.74, 6) is 0.511. The summed E-state index contributed by atoms with van der Waals surface area (Å²) in [4.78, 5) is 20.5. The number of aryl methyl sites for hydroxylation is 1. The van der Waals surface area contributed by atoms with Gasteiger partial charge in [-0.3, -0.25) is 0 Å². The summed E-state index contributed by atoms with van der Waals surface area (Å²) in [6, 6.07) is 0.263. The number of rotatable bonds is 8. The highest BCUT2D eigenvalue weighted by molar-refractivity contribution is 6.33. The number of aromatic nitrogens is 2. The Morgan fingerprint density at radius 3 is 2.38 bits per heavy atom. The van der Waals surface area contributed by atoms with Crippen molar-refractivity contribution in [2.24, 2.45) is 0 Å². The molecule has 1 heterocycles. The van der Waals surface area contributed by atoms with Crippen LogP contribution in [-0.4, -0.2) is 28.6 Å². The molecule has 0 fully saturated rings. The van der Waals surface area contributed by atoms with Gasteiger partial charge in [-0.1, -0.05) is 38.3 Å². The van der Waals surface area contributed by atoms with Gasteiger partial charge in [0.1, 0.15) is 22.4 Å². The van der Waals surface area contributed by atoms with E-state index in [1.807, 2.05) is 0 Å². The third kappa shape index (κ3) is 5.16. The summed E-state index contributed by atoms with van der Waals surface area (Å²) in [6.45, 7) is 8.06. The molecule has 0 aliphatic rings. The topological polar surface area (TPSA) is 64.1 Å². The van der Waals surface area contributed by atoms with Crippen LogP contribution in [0.1, 0.15) is 62.6 Å². The van der Waals surface area contributed by atoms with Crippen LogP contribution in [0.4, 0.5) is 5.82 Å². The summed E-state index contributed by atoms with van der Waals surface area (Å²) in [6.07, 6.45) is 4.14. The zero-order chi connectivity index (χ0) is 15.8. The Balaban J connectivity index is 3.10. The molecule has 0 radical (unpaired) electrons. The maximum atomic E-state index is 12.1.